The van der Waals surface area contributed by atoms with Crippen LogP contribution in [0.2, 0.25) is 0 Å². The number of carbonyl (C=O) groups is 2. The van der Waals surface area contributed by atoms with Gasteiger partial charge in [0.15, 0.2) is 0 Å². The van der Waals surface area contributed by atoms with Crippen LogP contribution in [0.15, 0.2) is 11.6 Å². The summed E-state index contributed by atoms with van der Waals surface area (Å²) in [5.74, 6) is 0.948. The molecule has 20 heavy (non-hydrogen) atoms. The van der Waals surface area contributed by atoms with Gasteiger partial charge in [-0.1, -0.05) is 11.6 Å². The summed E-state index contributed by atoms with van der Waals surface area (Å²) in [6, 6.07) is 0.309. The van der Waals surface area contributed by atoms with Gasteiger partial charge in [-0.3, -0.25) is 9.59 Å². The van der Waals surface area contributed by atoms with E-state index in [2.05, 4.69) is 24.9 Å². The third kappa shape index (κ3) is 1.14. The fourth-order valence-corrected chi connectivity index (χ4v) is 6.19. The van der Waals surface area contributed by atoms with E-state index >= 15 is 0 Å². The summed E-state index contributed by atoms with van der Waals surface area (Å²) in [6.07, 6.45) is 7.19. The summed E-state index contributed by atoms with van der Waals surface area (Å²) in [5.41, 5.74) is 0.600. The number of ketones is 2. The van der Waals surface area contributed by atoms with Crippen molar-refractivity contribution < 1.29 is 9.59 Å². The number of allylic oxidation sites excluding steroid dienone is 2. The van der Waals surface area contributed by atoms with E-state index in [9.17, 15) is 9.59 Å². The quantitative estimate of drug-likeness (QED) is 0.636. The fourth-order valence-electron chi connectivity index (χ4n) is 6.19. The maximum absolute atomic E-state index is 13.0. The zero-order chi connectivity index (χ0) is 14.1. The van der Waals surface area contributed by atoms with E-state index in [1.165, 1.54) is 5.57 Å². The Morgan fingerprint density at radius 1 is 1.20 bits per heavy atom. The first-order chi connectivity index (χ1) is 9.54. The molecule has 0 aromatic heterocycles. The molecule has 1 saturated heterocycles. The molecule has 3 heteroatoms. The van der Waals surface area contributed by atoms with Gasteiger partial charge in [-0.15, -0.1) is 0 Å². The Bertz CT molecular complexity index is 537. The molecule has 1 heterocycles. The molecule has 4 unspecified atom stereocenters. The van der Waals surface area contributed by atoms with Crippen molar-refractivity contribution in [2.45, 2.75) is 51.5 Å². The Labute approximate surface area is 120 Å². The van der Waals surface area contributed by atoms with E-state index in [0.29, 0.717) is 30.4 Å². The maximum Gasteiger partial charge on any atom is 0.144 e. The molecule has 3 fully saturated rings. The van der Waals surface area contributed by atoms with E-state index in [0.717, 1.165) is 32.2 Å². The second-order valence-electron chi connectivity index (χ2n) is 7.34. The molecule has 4 aliphatic rings. The molecule has 3 aliphatic carbocycles. The van der Waals surface area contributed by atoms with E-state index in [1.54, 1.807) is 0 Å². The molecule has 0 amide bonds. The molecule has 0 bridgehead atoms. The third-order valence-electron chi connectivity index (χ3n) is 6.93. The molecular formula is C17H23NO2. The highest BCUT2D eigenvalue weighted by Gasteiger charge is 2.74. The first kappa shape index (κ1) is 12.8. The van der Waals surface area contributed by atoms with Crippen LogP contribution in [0.1, 0.15) is 45.4 Å². The van der Waals surface area contributed by atoms with Gasteiger partial charge in [0.25, 0.3) is 0 Å². The zero-order valence-electron chi connectivity index (χ0n) is 12.4. The number of likely N-dealkylation sites (tertiary alicyclic amines) is 1. The van der Waals surface area contributed by atoms with E-state index in [-0.39, 0.29) is 16.7 Å². The number of hydrogen-bond acceptors (Lipinski definition) is 3. The highest BCUT2D eigenvalue weighted by atomic mass is 16.1. The van der Waals surface area contributed by atoms with Crippen molar-refractivity contribution in [3.8, 4) is 0 Å². The van der Waals surface area contributed by atoms with Gasteiger partial charge < -0.3 is 4.90 Å². The first-order valence-electron chi connectivity index (χ1n) is 7.97. The zero-order valence-corrected chi connectivity index (χ0v) is 12.4. The molecule has 2 spiro atoms. The average Bonchev–Trinajstić information content (AvgIpc) is 2.88. The van der Waals surface area contributed by atoms with Gasteiger partial charge in [0, 0.05) is 18.9 Å². The molecule has 0 N–H and O–H groups in total. The van der Waals surface area contributed by atoms with E-state index < -0.39 is 0 Å². The van der Waals surface area contributed by atoms with E-state index in [4.69, 9.17) is 0 Å². The van der Waals surface area contributed by atoms with Gasteiger partial charge in [-0.2, -0.15) is 0 Å². The average molecular weight is 273 g/mol. The summed E-state index contributed by atoms with van der Waals surface area (Å²) in [6.45, 7) is 3.20. The van der Waals surface area contributed by atoms with Crippen LogP contribution in [-0.2, 0) is 9.59 Å². The van der Waals surface area contributed by atoms with Crippen molar-refractivity contribution >= 4 is 11.6 Å². The Kier molecular flexibility index (Phi) is 2.44. The standard InChI is InChI=1S/C17H23NO2/c1-11-4-5-14(19)16-8-6-13-17(16,7-3-9-18(13)2)15(20)10-12(11)16/h4,12-13H,3,5-10H2,1-2H3. The minimum Gasteiger partial charge on any atom is -0.302 e. The number of rotatable bonds is 0. The van der Waals surface area contributed by atoms with Gasteiger partial charge in [0.1, 0.15) is 11.6 Å². The van der Waals surface area contributed by atoms with Gasteiger partial charge in [-0.25, -0.2) is 0 Å². The van der Waals surface area contributed by atoms with Crippen molar-refractivity contribution in [2.24, 2.45) is 16.7 Å². The van der Waals surface area contributed by atoms with Crippen LogP contribution in [0.5, 0.6) is 0 Å². The Balaban J connectivity index is 1.93. The summed E-state index contributed by atoms with van der Waals surface area (Å²) >= 11 is 0. The van der Waals surface area contributed by atoms with Crippen LogP contribution in [-0.4, -0.2) is 36.1 Å². The summed E-state index contributed by atoms with van der Waals surface area (Å²) < 4.78 is 0. The van der Waals surface area contributed by atoms with Gasteiger partial charge in [0.05, 0.1) is 10.8 Å². The lowest BCUT2D eigenvalue weighted by Gasteiger charge is -2.50. The Hall–Kier alpha value is -0.960. The Morgan fingerprint density at radius 2 is 2.00 bits per heavy atom. The van der Waals surface area contributed by atoms with Crippen molar-refractivity contribution in [1.29, 1.82) is 0 Å². The monoisotopic (exact) mass is 273 g/mol. The molecule has 108 valence electrons. The summed E-state index contributed by atoms with van der Waals surface area (Å²) in [4.78, 5) is 28.3. The van der Waals surface area contributed by atoms with Gasteiger partial charge in [-0.05, 0) is 52.1 Å². The van der Waals surface area contributed by atoms with Crippen LogP contribution >= 0.6 is 0 Å². The largest absolute Gasteiger partial charge is 0.302 e. The van der Waals surface area contributed by atoms with Crippen molar-refractivity contribution in [2.75, 3.05) is 13.6 Å². The van der Waals surface area contributed by atoms with Crippen LogP contribution in [0.4, 0.5) is 0 Å². The van der Waals surface area contributed by atoms with Gasteiger partial charge >= 0.3 is 0 Å². The number of Topliss-reactive ketones (excluding diaryl/α,β-unsaturated/α-hetero) is 2. The minimum absolute atomic E-state index is 0.202. The lowest BCUT2D eigenvalue weighted by molar-refractivity contribution is -0.148. The van der Waals surface area contributed by atoms with Gasteiger partial charge in [0.2, 0.25) is 0 Å². The Morgan fingerprint density at radius 3 is 2.80 bits per heavy atom. The molecule has 4 rings (SSSR count). The van der Waals surface area contributed by atoms with E-state index in [1.807, 2.05) is 0 Å². The number of carbonyl (C=O) groups excluding carboxylic acids is 2. The lowest BCUT2D eigenvalue weighted by Crippen LogP contribution is -2.58. The number of nitrogens with zero attached hydrogens (tertiary/aromatic N) is 1. The lowest BCUT2D eigenvalue weighted by atomic mass is 9.55. The van der Waals surface area contributed by atoms with Crippen LogP contribution in [0.3, 0.4) is 0 Å². The number of hydrogen-bond donors (Lipinski definition) is 0. The fraction of sp³-hybridized carbons (Fsp3) is 0.765. The summed E-state index contributed by atoms with van der Waals surface area (Å²) in [7, 11) is 2.14. The summed E-state index contributed by atoms with van der Waals surface area (Å²) in [5, 5.41) is 0. The smallest absolute Gasteiger partial charge is 0.144 e. The minimum atomic E-state index is -0.350. The molecule has 0 radical (unpaired) electrons. The maximum atomic E-state index is 13.0. The molecule has 2 saturated carbocycles. The van der Waals surface area contributed by atoms with Crippen LogP contribution < -0.4 is 0 Å². The second-order valence-corrected chi connectivity index (χ2v) is 7.34. The molecular weight excluding hydrogens is 250 g/mol. The molecule has 0 aromatic carbocycles. The van der Waals surface area contributed by atoms with Crippen LogP contribution in [0, 0.1) is 16.7 Å². The third-order valence-corrected chi connectivity index (χ3v) is 6.93. The number of piperidine rings is 1. The normalized spacial score (nSPS) is 47.8. The highest BCUT2D eigenvalue weighted by molar-refractivity contribution is 6.02. The predicted octanol–water partition coefficient (Wildman–Crippen LogP) is 2.36. The van der Waals surface area contributed by atoms with Crippen molar-refractivity contribution in [3.05, 3.63) is 11.6 Å². The van der Waals surface area contributed by atoms with Crippen LogP contribution in [0.25, 0.3) is 0 Å². The highest BCUT2D eigenvalue weighted by Crippen LogP contribution is 2.70. The predicted molar refractivity (Wildman–Crippen MR) is 76.2 cm³/mol. The first-order valence-corrected chi connectivity index (χ1v) is 7.97. The second kappa shape index (κ2) is 3.82. The molecule has 0 aromatic rings. The SMILES string of the molecule is CC1=CCC(=O)C23CCC4N(C)CCCC42C(=O)CC13. The molecule has 3 nitrogen and oxygen atoms in total. The molecule has 1 aliphatic heterocycles. The molecule has 4 atom stereocenters. The van der Waals surface area contributed by atoms with Crippen molar-refractivity contribution in [3.63, 3.8) is 0 Å². The van der Waals surface area contributed by atoms with Crippen molar-refractivity contribution in [1.82, 2.24) is 4.90 Å². The topological polar surface area (TPSA) is 37.4 Å².